The lowest BCUT2D eigenvalue weighted by Crippen LogP contribution is -2.35. The topological polar surface area (TPSA) is 49.3 Å². The number of hydrogen-bond donors (Lipinski definition) is 2. The van der Waals surface area contributed by atoms with Gasteiger partial charge in [-0.1, -0.05) is 24.3 Å². The van der Waals surface area contributed by atoms with Crippen LogP contribution in [-0.2, 0) is 11.2 Å². The van der Waals surface area contributed by atoms with Gasteiger partial charge in [-0.25, -0.2) is 0 Å². The van der Waals surface area contributed by atoms with Gasteiger partial charge in [0.05, 0.1) is 0 Å². The predicted molar refractivity (Wildman–Crippen MR) is 62.6 cm³/mol. The second kappa shape index (κ2) is 4.66. The standard InChI is InChI=1S/C13H17NO2/c1-14-12(13(15)16)8-9-3-2-4-11(7-9)10-5-6-10/h2-4,7,10,12,14H,5-6,8H2,1H3,(H,15,16). The third-order valence-corrected chi connectivity index (χ3v) is 3.09. The normalized spacial score (nSPS) is 17.1. The molecule has 0 saturated heterocycles. The van der Waals surface area contributed by atoms with Crippen LogP contribution in [0.5, 0.6) is 0 Å². The molecule has 3 nitrogen and oxygen atoms in total. The number of likely N-dealkylation sites (N-methyl/N-ethyl adjacent to an activating group) is 1. The van der Waals surface area contributed by atoms with Crippen molar-refractivity contribution in [2.75, 3.05) is 7.05 Å². The van der Waals surface area contributed by atoms with Crippen molar-refractivity contribution in [1.82, 2.24) is 5.32 Å². The van der Waals surface area contributed by atoms with Gasteiger partial charge in [-0.15, -0.1) is 0 Å². The second-order valence-corrected chi connectivity index (χ2v) is 4.40. The van der Waals surface area contributed by atoms with Gasteiger partial charge in [0.2, 0.25) is 0 Å². The number of carboxylic acid groups (broad SMARTS) is 1. The zero-order chi connectivity index (χ0) is 11.5. The molecule has 1 aliphatic rings. The first-order chi connectivity index (χ1) is 7.70. The zero-order valence-corrected chi connectivity index (χ0v) is 9.44. The number of nitrogens with one attached hydrogen (secondary N) is 1. The van der Waals surface area contributed by atoms with Gasteiger partial charge in [-0.2, -0.15) is 0 Å². The molecule has 1 aliphatic carbocycles. The van der Waals surface area contributed by atoms with Crippen molar-refractivity contribution in [1.29, 1.82) is 0 Å². The van der Waals surface area contributed by atoms with Gasteiger partial charge in [0.15, 0.2) is 0 Å². The first-order valence-electron chi connectivity index (χ1n) is 5.69. The van der Waals surface area contributed by atoms with Gasteiger partial charge in [0, 0.05) is 0 Å². The number of carboxylic acids is 1. The van der Waals surface area contributed by atoms with Gasteiger partial charge in [0.25, 0.3) is 0 Å². The Morgan fingerprint density at radius 3 is 2.88 bits per heavy atom. The van der Waals surface area contributed by atoms with E-state index in [1.807, 2.05) is 12.1 Å². The number of carbonyl (C=O) groups is 1. The van der Waals surface area contributed by atoms with E-state index in [2.05, 4.69) is 17.4 Å². The molecular formula is C13H17NO2. The molecule has 0 radical (unpaired) electrons. The molecule has 1 aromatic rings. The fourth-order valence-electron chi connectivity index (χ4n) is 1.94. The number of rotatable bonds is 5. The van der Waals surface area contributed by atoms with Crippen LogP contribution in [0.1, 0.15) is 29.9 Å². The van der Waals surface area contributed by atoms with Gasteiger partial charge in [-0.3, -0.25) is 4.79 Å². The largest absolute Gasteiger partial charge is 0.480 e. The van der Waals surface area contributed by atoms with Crippen LogP contribution in [0.25, 0.3) is 0 Å². The van der Waals surface area contributed by atoms with E-state index in [0.29, 0.717) is 6.42 Å². The quantitative estimate of drug-likeness (QED) is 0.793. The molecule has 0 aliphatic heterocycles. The van der Waals surface area contributed by atoms with Gasteiger partial charge < -0.3 is 10.4 Å². The van der Waals surface area contributed by atoms with Crippen LogP contribution in [-0.4, -0.2) is 24.2 Å². The smallest absolute Gasteiger partial charge is 0.321 e. The van der Waals surface area contributed by atoms with E-state index in [-0.39, 0.29) is 0 Å². The average Bonchev–Trinajstić information content (AvgIpc) is 3.09. The van der Waals surface area contributed by atoms with Crippen LogP contribution in [0, 0.1) is 0 Å². The van der Waals surface area contributed by atoms with E-state index in [0.717, 1.165) is 11.5 Å². The molecule has 3 heteroatoms. The summed E-state index contributed by atoms with van der Waals surface area (Å²) < 4.78 is 0. The number of benzene rings is 1. The lowest BCUT2D eigenvalue weighted by atomic mass is 10.0. The molecule has 1 atom stereocenters. The van der Waals surface area contributed by atoms with E-state index >= 15 is 0 Å². The summed E-state index contributed by atoms with van der Waals surface area (Å²) in [6.45, 7) is 0. The van der Waals surface area contributed by atoms with Crippen LogP contribution in [0.4, 0.5) is 0 Å². The summed E-state index contributed by atoms with van der Waals surface area (Å²) in [7, 11) is 1.68. The molecule has 0 bridgehead atoms. The molecule has 1 saturated carbocycles. The number of aliphatic carboxylic acids is 1. The van der Waals surface area contributed by atoms with Crippen molar-refractivity contribution in [2.24, 2.45) is 0 Å². The second-order valence-electron chi connectivity index (χ2n) is 4.40. The summed E-state index contributed by atoms with van der Waals surface area (Å²) >= 11 is 0. The molecule has 0 spiro atoms. The van der Waals surface area contributed by atoms with Gasteiger partial charge in [-0.05, 0) is 43.4 Å². The highest BCUT2D eigenvalue weighted by atomic mass is 16.4. The maximum atomic E-state index is 10.9. The summed E-state index contributed by atoms with van der Waals surface area (Å²) in [6, 6.07) is 7.81. The minimum Gasteiger partial charge on any atom is -0.480 e. The average molecular weight is 219 g/mol. The summed E-state index contributed by atoms with van der Waals surface area (Å²) in [5.41, 5.74) is 2.46. The third kappa shape index (κ3) is 2.61. The summed E-state index contributed by atoms with van der Waals surface area (Å²) in [4.78, 5) is 10.9. The molecule has 86 valence electrons. The van der Waals surface area contributed by atoms with Crippen LogP contribution < -0.4 is 5.32 Å². The van der Waals surface area contributed by atoms with Gasteiger partial charge in [0.1, 0.15) is 6.04 Å². The van der Waals surface area contributed by atoms with Crippen LogP contribution in [0.15, 0.2) is 24.3 Å². The minimum absolute atomic E-state index is 0.491. The van der Waals surface area contributed by atoms with Crippen molar-refractivity contribution in [2.45, 2.75) is 31.2 Å². The molecule has 0 aromatic heterocycles. The van der Waals surface area contributed by atoms with E-state index in [1.165, 1.54) is 18.4 Å². The Hall–Kier alpha value is -1.35. The molecule has 1 aromatic carbocycles. The molecule has 1 unspecified atom stereocenters. The number of hydrogen-bond acceptors (Lipinski definition) is 2. The van der Waals surface area contributed by atoms with Crippen molar-refractivity contribution >= 4 is 5.97 Å². The Morgan fingerprint density at radius 2 is 2.31 bits per heavy atom. The molecular weight excluding hydrogens is 202 g/mol. The first-order valence-corrected chi connectivity index (χ1v) is 5.69. The lowest BCUT2D eigenvalue weighted by molar-refractivity contribution is -0.139. The maximum Gasteiger partial charge on any atom is 0.321 e. The van der Waals surface area contributed by atoms with Crippen LogP contribution in [0.3, 0.4) is 0 Å². The van der Waals surface area contributed by atoms with Crippen LogP contribution in [0.2, 0.25) is 0 Å². The molecule has 16 heavy (non-hydrogen) atoms. The van der Waals surface area contributed by atoms with E-state index < -0.39 is 12.0 Å². The summed E-state index contributed by atoms with van der Waals surface area (Å²) in [5, 5.41) is 11.8. The Morgan fingerprint density at radius 1 is 1.56 bits per heavy atom. The van der Waals surface area contributed by atoms with E-state index in [1.54, 1.807) is 7.05 Å². The molecule has 2 rings (SSSR count). The highest BCUT2D eigenvalue weighted by Gasteiger charge is 2.24. The monoisotopic (exact) mass is 219 g/mol. The highest BCUT2D eigenvalue weighted by Crippen LogP contribution is 2.40. The molecule has 2 N–H and O–H groups in total. The van der Waals surface area contributed by atoms with E-state index in [4.69, 9.17) is 5.11 Å². The van der Waals surface area contributed by atoms with Crippen molar-refractivity contribution < 1.29 is 9.90 Å². The van der Waals surface area contributed by atoms with Crippen LogP contribution >= 0.6 is 0 Å². The molecule has 0 heterocycles. The van der Waals surface area contributed by atoms with Crippen molar-refractivity contribution in [3.05, 3.63) is 35.4 Å². The Bertz CT molecular complexity index is 385. The molecule has 0 amide bonds. The lowest BCUT2D eigenvalue weighted by Gasteiger charge is -2.11. The Balaban J connectivity index is 2.07. The van der Waals surface area contributed by atoms with Gasteiger partial charge >= 0.3 is 5.97 Å². The summed E-state index contributed by atoms with van der Waals surface area (Å²) in [5.74, 6) is -0.0721. The van der Waals surface area contributed by atoms with Crippen molar-refractivity contribution in [3.63, 3.8) is 0 Å². The fraction of sp³-hybridized carbons (Fsp3) is 0.462. The SMILES string of the molecule is CNC(Cc1cccc(C2CC2)c1)C(=O)O. The predicted octanol–water partition coefficient (Wildman–Crippen LogP) is 1.78. The third-order valence-electron chi connectivity index (χ3n) is 3.09. The van der Waals surface area contributed by atoms with Crippen molar-refractivity contribution in [3.8, 4) is 0 Å². The summed E-state index contributed by atoms with van der Waals surface area (Å²) in [6.07, 6.45) is 3.10. The Labute approximate surface area is 95.5 Å². The highest BCUT2D eigenvalue weighted by molar-refractivity contribution is 5.73. The zero-order valence-electron chi connectivity index (χ0n) is 9.44. The Kier molecular flexibility index (Phi) is 3.25. The first kappa shape index (κ1) is 11.1. The fourth-order valence-corrected chi connectivity index (χ4v) is 1.94. The minimum atomic E-state index is -0.792. The molecule has 1 fully saturated rings. The maximum absolute atomic E-state index is 10.9. The van der Waals surface area contributed by atoms with E-state index in [9.17, 15) is 4.79 Å².